The lowest BCUT2D eigenvalue weighted by Crippen LogP contribution is -2.30. The Hall–Kier alpha value is -1.43. The van der Waals surface area contributed by atoms with Crippen molar-refractivity contribution < 1.29 is 19.1 Å². The summed E-state index contributed by atoms with van der Waals surface area (Å²) in [6, 6.07) is 4.21. The Morgan fingerprint density at radius 3 is 2.73 bits per heavy atom. The van der Waals surface area contributed by atoms with E-state index in [0.717, 1.165) is 0 Å². The molecule has 0 aliphatic rings. The Bertz CT molecular complexity index is 408. The van der Waals surface area contributed by atoms with Crippen LogP contribution in [-0.4, -0.2) is 17.0 Å². The number of amides is 1. The predicted molar refractivity (Wildman–Crippen MR) is 53.6 cm³/mol. The van der Waals surface area contributed by atoms with Crippen LogP contribution in [0.4, 0.5) is 4.39 Å². The number of carbonyl (C=O) groups excluding carboxylic acids is 1. The molecular formula is C9H7BrFNO3. The van der Waals surface area contributed by atoms with Gasteiger partial charge in [0.1, 0.15) is 5.82 Å². The summed E-state index contributed by atoms with van der Waals surface area (Å²) in [4.78, 5) is 20.8. The molecule has 0 fully saturated rings. The predicted octanol–water partition coefficient (Wildman–Crippen LogP) is 1.29. The molecule has 0 aromatic heterocycles. The SMILES string of the molecule is O=C(O)C(=O)NCc1cc(Br)ccc1F. The van der Waals surface area contributed by atoms with E-state index >= 15 is 0 Å². The molecule has 0 saturated heterocycles. The van der Waals surface area contributed by atoms with Crippen LogP contribution in [0.25, 0.3) is 0 Å². The molecule has 0 spiro atoms. The topological polar surface area (TPSA) is 66.4 Å². The normalized spacial score (nSPS) is 9.73. The van der Waals surface area contributed by atoms with Gasteiger partial charge >= 0.3 is 11.9 Å². The molecule has 0 bridgehead atoms. The first-order valence-corrected chi connectivity index (χ1v) is 4.75. The first kappa shape index (κ1) is 11.6. The lowest BCUT2D eigenvalue weighted by molar-refractivity contribution is -0.150. The maximum atomic E-state index is 13.1. The summed E-state index contributed by atoms with van der Waals surface area (Å²) >= 11 is 3.14. The molecule has 0 atom stereocenters. The van der Waals surface area contributed by atoms with Crippen LogP contribution in [0.3, 0.4) is 0 Å². The molecule has 0 heterocycles. The second-order valence-electron chi connectivity index (χ2n) is 2.72. The molecule has 4 nitrogen and oxygen atoms in total. The zero-order valence-electron chi connectivity index (χ0n) is 7.46. The number of rotatable bonds is 2. The van der Waals surface area contributed by atoms with Gasteiger partial charge in [0, 0.05) is 16.6 Å². The molecule has 15 heavy (non-hydrogen) atoms. The number of halogens is 2. The number of carboxylic acid groups (broad SMARTS) is 1. The van der Waals surface area contributed by atoms with Crippen molar-refractivity contribution in [1.82, 2.24) is 5.32 Å². The van der Waals surface area contributed by atoms with E-state index in [1.165, 1.54) is 18.2 Å². The van der Waals surface area contributed by atoms with Gasteiger partial charge in [-0.05, 0) is 18.2 Å². The van der Waals surface area contributed by atoms with Gasteiger partial charge in [0.25, 0.3) is 0 Å². The van der Waals surface area contributed by atoms with Crippen molar-refractivity contribution in [2.45, 2.75) is 6.54 Å². The largest absolute Gasteiger partial charge is 0.474 e. The molecule has 1 aromatic rings. The van der Waals surface area contributed by atoms with Gasteiger partial charge in [0.2, 0.25) is 0 Å². The van der Waals surface area contributed by atoms with Crippen LogP contribution >= 0.6 is 15.9 Å². The van der Waals surface area contributed by atoms with Crippen molar-refractivity contribution in [3.05, 3.63) is 34.1 Å². The number of benzene rings is 1. The molecule has 0 aliphatic carbocycles. The van der Waals surface area contributed by atoms with Crippen LogP contribution in [0.5, 0.6) is 0 Å². The van der Waals surface area contributed by atoms with Crippen LogP contribution in [-0.2, 0) is 16.1 Å². The summed E-state index contributed by atoms with van der Waals surface area (Å²) in [7, 11) is 0. The van der Waals surface area contributed by atoms with Gasteiger partial charge < -0.3 is 10.4 Å². The standard InChI is InChI=1S/C9H7BrFNO3/c10-6-1-2-7(11)5(3-6)4-12-8(13)9(14)15/h1-3H,4H2,(H,12,13)(H,14,15). The third-order valence-electron chi connectivity index (χ3n) is 1.64. The molecule has 2 N–H and O–H groups in total. The average Bonchev–Trinajstić information content (AvgIpc) is 2.18. The van der Waals surface area contributed by atoms with Crippen molar-refractivity contribution in [3.63, 3.8) is 0 Å². The van der Waals surface area contributed by atoms with Gasteiger partial charge in [0.05, 0.1) is 0 Å². The highest BCUT2D eigenvalue weighted by atomic mass is 79.9. The lowest BCUT2D eigenvalue weighted by atomic mass is 10.2. The Balaban J connectivity index is 2.69. The summed E-state index contributed by atoms with van der Waals surface area (Å²) in [6.45, 7) is -0.156. The number of nitrogens with one attached hydrogen (secondary N) is 1. The van der Waals surface area contributed by atoms with E-state index < -0.39 is 17.7 Å². The van der Waals surface area contributed by atoms with Crippen LogP contribution in [0, 0.1) is 5.82 Å². The highest BCUT2D eigenvalue weighted by Gasteiger charge is 2.11. The van der Waals surface area contributed by atoms with E-state index in [2.05, 4.69) is 21.2 Å². The fraction of sp³-hybridized carbons (Fsp3) is 0.111. The highest BCUT2D eigenvalue weighted by Crippen LogP contribution is 2.15. The zero-order valence-corrected chi connectivity index (χ0v) is 9.04. The average molecular weight is 276 g/mol. The van der Waals surface area contributed by atoms with Crippen LogP contribution in [0.1, 0.15) is 5.56 Å². The molecule has 0 radical (unpaired) electrons. The Morgan fingerprint density at radius 1 is 1.47 bits per heavy atom. The smallest absolute Gasteiger partial charge is 0.394 e. The Labute approximate surface area is 93.2 Å². The maximum Gasteiger partial charge on any atom is 0.394 e. The minimum atomic E-state index is -1.59. The van der Waals surface area contributed by atoms with E-state index in [1.807, 2.05) is 0 Å². The monoisotopic (exact) mass is 275 g/mol. The molecular weight excluding hydrogens is 269 g/mol. The first-order chi connectivity index (χ1) is 7.00. The van der Waals surface area contributed by atoms with Gasteiger partial charge in [-0.2, -0.15) is 0 Å². The summed E-state index contributed by atoms with van der Waals surface area (Å²) in [5.41, 5.74) is 0.221. The van der Waals surface area contributed by atoms with E-state index in [4.69, 9.17) is 5.11 Å². The summed E-state index contributed by atoms with van der Waals surface area (Å²) in [5.74, 6) is -3.25. The molecule has 0 saturated carbocycles. The molecule has 1 aromatic carbocycles. The maximum absolute atomic E-state index is 13.1. The van der Waals surface area contributed by atoms with Crippen molar-refractivity contribution in [2.24, 2.45) is 0 Å². The summed E-state index contributed by atoms with van der Waals surface area (Å²) in [6.07, 6.45) is 0. The fourth-order valence-corrected chi connectivity index (χ4v) is 1.34. The number of carbonyl (C=O) groups is 2. The molecule has 0 aliphatic heterocycles. The third-order valence-corrected chi connectivity index (χ3v) is 2.13. The van der Waals surface area contributed by atoms with Gasteiger partial charge in [-0.3, -0.25) is 4.79 Å². The van der Waals surface area contributed by atoms with E-state index in [9.17, 15) is 14.0 Å². The van der Waals surface area contributed by atoms with E-state index in [-0.39, 0.29) is 12.1 Å². The minimum Gasteiger partial charge on any atom is -0.474 e. The fourth-order valence-electron chi connectivity index (χ4n) is 0.930. The molecule has 6 heteroatoms. The summed E-state index contributed by atoms with van der Waals surface area (Å²) < 4.78 is 13.8. The number of hydrogen-bond acceptors (Lipinski definition) is 2. The zero-order chi connectivity index (χ0) is 11.4. The minimum absolute atomic E-state index is 0.156. The van der Waals surface area contributed by atoms with Crippen molar-refractivity contribution in [3.8, 4) is 0 Å². The number of aliphatic carboxylic acids is 1. The molecule has 1 amide bonds. The number of hydrogen-bond donors (Lipinski definition) is 2. The molecule has 0 unspecified atom stereocenters. The first-order valence-electron chi connectivity index (χ1n) is 3.95. The molecule has 80 valence electrons. The van der Waals surface area contributed by atoms with E-state index in [0.29, 0.717) is 4.47 Å². The van der Waals surface area contributed by atoms with Gasteiger partial charge in [-0.1, -0.05) is 15.9 Å². The van der Waals surface area contributed by atoms with E-state index in [1.54, 1.807) is 0 Å². The van der Waals surface area contributed by atoms with Gasteiger partial charge in [-0.25, -0.2) is 9.18 Å². The van der Waals surface area contributed by atoms with Gasteiger partial charge in [0.15, 0.2) is 0 Å². The van der Waals surface area contributed by atoms with Crippen molar-refractivity contribution >= 4 is 27.8 Å². The second-order valence-corrected chi connectivity index (χ2v) is 3.64. The lowest BCUT2D eigenvalue weighted by Gasteiger charge is -2.04. The summed E-state index contributed by atoms with van der Waals surface area (Å²) in [5, 5.41) is 10.3. The van der Waals surface area contributed by atoms with Crippen LogP contribution in [0.2, 0.25) is 0 Å². The number of carboxylic acids is 1. The quantitative estimate of drug-likeness (QED) is 0.800. The second kappa shape index (κ2) is 4.88. The van der Waals surface area contributed by atoms with Gasteiger partial charge in [-0.15, -0.1) is 0 Å². The van der Waals surface area contributed by atoms with Crippen LogP contribution < -0.4 is 5.32 Å². The molecule has 1 rings (SSSR count). The third kappa shape index (κ3) is 3.32. The van der Waals surface area contributed by atoms with Crippen molar-refractivity contribution in [1.29, 1.82) is 0 Å². The Kier molecular flexibility index (Phi) is 3.79. The van der Waals surface area contributed by atoms with Crippen LogP contribution in [0.15, 0.2) is 22.7 Å². The van der Waals surface area contributed by atoms with Crippen molar-refractivity contribution in [2.75, 3.05) is 0 Å². The highest BCUT2D eigenvalue weighted by molar-refractivity contribution is 9.10. The Morgan fingerprint density at radius 2 is 2.13 bits per heavy atom.